The minimum Gasteiger partial charge on any atom is -0.499 e. The van der Waals surface area contributed by atoms with Gasteiger partial charge in [-0.1, -0.05) is 45.4 Å². The van der Waals surface area contributed by atoms with E-state index in [1.54, 1.807) is 0 Å². The number of aliphatic hydroxyl groups excluding tert-OH is 3. The molecule has 122 valence electrons. The molecule has 1 aliphatic rings. The molecule has 1 heterocycles. The minimum atomic E-state index is -1.29. The van der Waals surface area contributed by atoms with Crippen LogP contribution in [0.5, 0.6) is 0 Å². The molecule has 0 radical (unpaired) electrons. The molecule has 0 saturated carbocycles. The summed E-state index contributed by atoms with van der Waals surface area (Å²) in [5, 5.41) is 28.0. The predicted octanol–water partition coefficient (Wildman–Crippen LogP) is 1.80. The maximum absolute atomic E-state index is 11.2. The molecule has 6 heteroatoms. The molecule has 0 amide bonds. The number of carbonyl (C=O) groups is 1. The maximum atomic E-state index is 11.2. The summed E-state index contributed by atoms with van der Waals surface area (Å²) in [7, 11) is 0. The first-order chi connectivity index (χ1) is 10.1. The van der Waals surface area contributed by atoms with Crippen molar-refractivity contribution in [2.24, 2.45) is 0 Å². The van der Waals surface area contributed by atoms with Crippen molar-refractivity contribution < 1.29 is 29.6 Å². The molecular formula is C15H26O6. The van der Waals surface area contributed by atoms with E-state index in [0.717, 1.165) is 19.3 Å². The molecule has 6 nitrogen and oxygen atoms in total. The Labute approximate surface area is 125 Å². The van der Waals surface area contributed by atoms with Gasteiger partial charge in [-0.05, 0) is 6.42 Å². The lowest BCUT2D eigenvalue weighted by molar-refractivity contribution is -0.148. The zero-order chi connectivity index (χ0) is 15.7. The van der Waals surface area contributed by atoms with Crippen molar-refractivity contribution in [3.8, 4) is 0 Å². The van der Waals surface area contributed by atoms with Crippen molar-refractivity contribution in [2.75, 3.05) is 13.2 Å². The van der Waals surface area contributed by atoms with E-state index in [9.17, 15) is 15.0 Å². The van der Waals surface area contributed by atoms with E-state index in [1.165, 1.54) is 25.7 Å². The average molecular weight is 302 g/mol. The van der Waals surface area contributed by atoms with Gasteiger partial charge >= 0.3 is 5.97 Å². The summed E-state index contributed by atoms with van der Waals surface area (Å²) in [6.07, 6.45) is 5.47. The second-order valence-corrected chi connectivity index (χ2v) is 5.26. The summed E-state index contributed by atoms with van der Waals surface area (Å²) in [5.74, 6) is -1.62. The van der Waals surface area contributed by atoms with Gasteiger partial charge in [0.15, 0.2) is 11.9 Å². The average Bonchev–Trinajstić information content (AvgIpc) is 2.77. The Balaban J connectivity index is 2.27. The molecule has 1 rings (SSSR count). The SMILES string of the molecule is CCCCCCCCCOC1=C(O)C(=O)O[C@@H]1[C@@H](O)CO. The summed E-state index contributed by atoms with van der Waals surface area (Å²) in [4.78, 5) is 11.2. The smallest absolute Gasteiger partial charge is 0.378 e. The van der Waals surface area contributed by atoms with E-state index in [1.807, 2.05) is 0 Å². The Morgan fingerprint density at radius 1 is 1.19 bits per heavy atom. The molecule has 0 bridgehead atoms. The summed E-state index contributed by atoms with van der Waals surface area (Å²) < 4.78 is 10.1. The lowest BCUT2D eigenvalue weighted by Crippen LogP contribution is -2.32. The van der Waals surface area contributed by atoms with E-state index in [4.69, 9.17) is 14.6 Å². The van der Waals surface area contributed by atoms with Gasteiger partial charge in [-0.15, -0.1) is 0 Å². The van der Waals surface area contributed by atoms with Gasteiger partial charge < -0.3 is 24.8 Å². The van der Waals surface area contributed by atoms with Crippen molar-refractivity contribution in [1.29, 1.82) is 0 Å². The van der Waals surface area contributed by atoms with Gasteiger partial charge in [0.25, 0.3) is 0 Å². The number of rotatable bonds is 11. The van der Waals surface area contributed by atoms with Gasteiger partial charge in [-0.2, -0.15) is 0 Å². The molecule has 0 aromatic rings. The molecule has 2 atom stereocenters. The van der Waals surface area contributed by atoms with Crippen molar-refractivity contribution in [1.82, 2.24) is 0 Å². The van der Waals surface area contributed by atoms with Gasteiger partial charge in [0, 0.05) is 0 Å². The highest BCUT2D eigenvalue weighted by molar-refractivity contribution is 5.89. The van der Waals surface area contributed by atoms with E-state index < -0.39 is 30.5 Å². The van der Waals surface area contributed by atoms with Crippen molar-refractivity contribution >= 4 is 5.97 Å². The van der Waals surface area contributed by atoms with Gasteiger partial charge in [0.2, 0.25) is 5.76 Å². The van der Waals surface area contributed by atoms with Crippen LogP contribution in [0.15, 0.2) is 11.5 Å². The number of ether oxygens (including phenoxy) is 2. The Kier molecular flexibility index (Phi) is 8.15. The number of unbranched alkanes of at least 4 members (excludes halogenated alkanes) is 6. The quantitative estimate of drug-likeness (QED) is 0.398. The minimum absolute atomic E-state index is 0.0764. The molecule has 3 N–H and O–H groups in total. The van der Waals surface area contributed by atoms with Gasteiger partial charge in [0.05, 0.1) is 13.2 Å². The van der Waals surface area contributed by atoms with Crippen LogP contribution in [0.3, 0.4) is 0 Å². The summed E-state index contributed by atoms with van der Waals surface area (Å²) in [5.41, 5.74) is 0. The van der Waals surface area contributed by atoms with Crippen molar-refractivity contribution in [3.05, 3.63) is 11.5 Å². The predicted molar refractivity (Wildman–Crippen MR) is 76.6 cm³/mol. The lowest BCUT2D eigenvalue weighted by atomic mass is 10.1. The first-order valence-corrected chi connectivity index (χ1v) is 7.67. The first kappa shape index (κ1) is 17.8. The normalized spacial score (nSPS) is 19.8. The molecule has 1 aliphatic heterocycles. The monoisotopic (exact) mass is 302 g/mol. The van der Waals surface area contributed by atoms with E-state index >= 15 is 0 Å². The summed E-state index contributed by atoms with van der Waals surface area (Å²) in [6, 6.07) is 0. The molecule has 0 saturated heterocycles. The fourth-order valence-corrected chi connectivity index (χ4v) is 2.20. The van der Waals surface area contributed by atoms with Crippen LogP contribution in [-0.2, 0) is 14.3 Å². The highest BCUT2D eigenvalue weighted by atomic mass is 16.6. The molecule has 0 aromatic carbocycles. The topological polar surface area (TPSA) is 96.2 Å². The first-order valence-electron chi connectivity index (χ1n) is 7.67. The van der Waals surface area contributed by atoms with Crippen LogP contribution in [0.1, 0.15) is 51.9 Å². The second-order valence-electron chi connectivity index (χ2n) is 5.26. The Hall–Kier alpha value is -1.27. The number of cyclic esters (lactones) is 1. The fourth-order valence-electron chi connectivity index (χ4n) is 2.20. The summed E-state index contributed by atoms with van der Waals surface area (Å²) >= 11 is 0. The van der Waals surface area contributed by atoms with Crippen LogP contribution in [0, 0.1) is 0 Å². The van der Waals surface area contributed by atoms with Crippen molar-refractivity contribution in [3.63, 3.8) is 0 Å². The molecule has 0 aromatic heterocycles. The van der Waals surface area contributed by atoms with E-state index in [0.29, 0.717) is 6.61 Å². The van der Waals surface area contributed by atoms with Crippen LogP contribution in [0.25, 0.3) is 0 Å². The Morgan fingerprint density at radius 3 is 2.43 bits per heavy atom. The molecule has 21 heavy (non-hydrogen) atoms. The van der Waals surface area contributed by atoms with Crippen LogP contribution < -0.4 is 0 Å². The zero-order valence-electron chi connectivity index (χ0n) is 12.6. The molecule has 0 fully saturated rings. The Morgan fingerprint density at radius 2 is 1.81 bits per heavy atom. The van der Waals surface area contributed by atoms with E-state index in [-0.39, 0.29) is 5.76 Å². The fraction of sp³-hybridized carbons (Fsp3) is 0.800. The number of aliphatic hydroxyl groups is 3. The van der Waals surface area contributed by atoms with Crippen LogP contribution in [0.2, 0.25) is 0 Å². The number of carbonyl (C=O) groups excluding carboxylic acids is 1. The number of hydrogen-bond acceptors (Lipinski definition) is 6. The third kappa shape index (κ3) is 5.55. The van der Waals surface area contributed by atoms with Gasteiger partial charge in [-0.25, -0.2) is 4.79 Å². The number of esters is 1. The molecule has 0 aliphatic carbocycles. The van der Waals surface area contributed by atoms with Gasteiger partial charge in [-0.3, -0.25) is 0 Å². The third-order valence-electron chi connectivity index (χ3n) is 3.46. The standard InChI is InChI=1S/C15H26O6/c1-2-3-4-5-6-7-8-9-20-14-12(18)15(19)21-13(14)11(17)10-16/h11,13,16-18H,2-10H2,1H3/t11-,13+/m0/s1. The second kappa shape index (κ2) is 9.63. The highest BCUT2D eigenvalue weighted by Gasteiger charge is 2.40. The van der Waals surface area contributed by atoms with Crippen molar-refractivity contribution in [2.45, 2.75) is 64.1 Å². The van der Waals surface area contributed by atoms with Crippen LogP contribution >= 0.6 is 0 Å². The highest BCUT2D eigenvalue weighted by Crippen LogP contribution is 2.25. The third-order valence-corrected chi connectivity index (χ3v) is 3.46. The van der Waals surface area contributed by atoms with E-state index in [2.05, 4.69) is 6.92 Å². The van der Waals surface area contributed by atoms with Crippen LogP contribution in [0.4, 0.5) is 0 Å². The lowest BCUT2D eigenvalue weighted by Gasteiger charge is -2.18. The molecule has 0 unspecified atom stereocenters. The zero-order valence-corrected chi connectivity index (χ0v) is 12.6. The molecule has 0 spiro atoms. The number of hydrogen-bond donors (Lipinski definition) is 3. The Bertz CT molecular complexity index is 352. The molecular weight excluding hydrogens is 276 g/mol. The largest absolute Gasteiger partial charge is 0.499 e. The maximum Gasteiger partial charge on any atom is 0.378 e. The van der Waals surface area contributed by atoms with Gasteiger partial charge in [0.1, 0.15) is 6.10 Å². The van der Waals surface area contributed by atoms with Crippen LogP contribution in [-0.4, -0.2) is 46.7 Å². The summed E-state index contributed by atoms with van der Waals surface area (Å²) in [6.45, 7) is 1.95.